The van der Waals surface area contributed by atoms with Crippen molar-refractivity contribution < 1.29 is 9.59 Å². The van der Waals surface area contributed by atoms with Gasteiger partial charge in [0.2, 0.25) is 11.8 Å². The summed E-state index contributed by atoms with van der Waals surface area (Å²) >= 11 is 0. The third kappa shape index (κ3) is 5.54. The molecular formula is C20H32N4O2. The van der Waals surface area contributed by atoms with Gasteiger partial charge >= 0.3 is 0 Å². The maximum absolute atomic E-state index is 11.8. The first-order valence-corrected chi connectivity index (χ1v) is 9.78. The molecule has 0 bridgehead atoms. The molecule has 2 saturated heterocycles. The van der Waals surface area contributed by atoms with Gasteiger partial charge < -0.3 is 16.0 Å². The molecule has 1 aromatic rings. The van der Waals surface area contributed by atoms with Crippen LogP contribution in [0.2, 0.25) is 0 Å². The summed E-state index contributed by atoms with van der Waals surface area (Å²) < 4.78 is 0. The lowest BCUT2D eigenvalue weighted by atomic mass is 9.89. The van der Waals surface area contributed by atoms with E-state index in [0.29, 0.717) is 18.8 Å². The zero-order valence-corrected chi connectivity index (χ0v) is 16.0. The van der Waals surface area contributed by atoms with Crippen molar-refractivity contribution >= 4 is 17.5 Å². The molecule has 0 aliphatic carbocycles. The van der Waals surface area contributed by atoms with Crippen molar-refractivity contribution in [1.82, 2.24) is 10.2 Å². The van der Waals surface area contributed by atoms with Gasteiger partial charge in [-0.05, 0) is 56.0 Å². The molecule has 3 rings (SSSR count). The number of imide groups is 1. The van der Waals surface area contributed by atoms with Gasteiger partial charge in [-0.15, -0.1) is 0 Å². The average molecular weight is 361 g/mol. The summed E-state index contributed by atoms with van der Waals surface area (Å²) in [5.41, 5.74) is 7.90. The van der Waals surface area contributed by atoms with Crippen LogP contribution in [0.5, 0.6) is 0 Å². The lowest BCUT2D eigenvalue weighted by molar-refractivity contribution is -0.133. The van der Waals surface area contributed by atoms with Gasteiger partial charge in [0.25, 0.3) is 0 Å². The van der Waals surface area contributed by atoms with Crippen molar-refractivity contribution in [3.63, 3.8) is 0 Å². The third-order valence-electron chi connectivity index (χ3n) is 5.00. The van der Waals surface area contributed by atoms with Crippen LogP contribution in [0.3, 0.4) is 0 Å². The highest BCUT2D eigenvalue weighted by molar-refractivity contribution is 6.01. The summed E-state index contributed by atoms with van der Waals surface area (Å²) in [6.07, 6.45) is 3.27. The fourth-order valence-corrected chi connectivity index (χ4v) is 3.56. The van der Waals surface area contributed by atoms with E-state index in [0.717, 1.165) is 31.9 Å². The Labute approximate surface area is 156 Å². The van der Waals surface area contributed by atoms with E-state index in [1.54, 1.807) is 0 Å². The van der Waals surface area contributed by atoms with Gasteiger partial charge in [-0.1, -0.05) is 26.0 Å². The van der Waals surface area contributed by atoms with E-state index < -0.39 is 0 Å². The molecule has 6 heteroatoms. The van der Waals surface area contributed by atoms with Crippen LogP contribution in [0.15, 0.2) is 24.3 Å². The number of nitrogens with two attached hydrogens (primary N) is 1. The number of nitrogens with zero attached hydrogens (tertiary/aromatic N) is 1. The van der Waals surface area contributed by atoms with Crippen molar-refractivity contribution in [3.8, 4) is 0 Å². The molecule has 2 fully saturated rings. The number of carbonyl (C=O) groups excluding carboxylic acids is 2. The van der Waals surface area contributed by atoms with E-state index in [-0.39, 0.29) is 17.9 Å². The smallest absolute Gasteiger partial charge is 0.249 e. The molecule has 4 N–H and O–H groups in total. The van der Waals surface area contributed by atoms with E-state index in [1.165, 1.54) is 18.4 Å². The summed E-state index contributed by atoms with van der Waals surface area (Å²) in [4.78, 5) is 25.4. The van der Waals surface area contributed by atoms with Crippen LogP contribution in [0.4, 0.5) is 5.69 Å². The zero-order chi connectivity index (χ0) is 18.9. The Hall–Kier alpha value is -1.92. The van der Waals surface area contributed by atoms with E-state index in [4.69, 9.17) is 5.73 Å². The van der Waals surface area contributed by atoms with Crippen molar-refractivity contribution in [1.29, 1.82) is 0 Å². The predicted molar refractivity (Wildman–Crippen MR) is 105 cm³/mol. The van der Waals surface area contributed by atoms with Crippen molar-refractivity contribution in [2.45, 2.75) is 51.5 Å². The standard InChI is InChI=1S/C18H26N4O2.C2H6/c19-9-12-22-10-7-14(8-11-22)13-1-3-15(4-2-13)20-16-5-6-17(23)21-18(16)24;1-2/h1-4,14,16,20H,5-12,19H2,(H,21,23,24);1-2H3. The molecule has 2 aliphatic rings. The number of rotatable bonds is 5. The molecule has 2 heterocycles. The third-order valence-corrected chi connectivity index (χ3v) is 5.00. The fraction of sp³-hybridized carbons (Fsp3) is 0.600. The first kappa shape index (κ1) is 20.4. The highest BCUT2D eigenvalue weighted by atomic mass is 16.2. The van der Waals surface area contributed by atoms with E-state index in [2.05, 4.69) is 27.7 Å². The topological polar surface area (TPSA) is 87.5 Å². The molecule has 0 aromatic heterocycles. The quantitative estimate of drug-likeness (QED) is 0.700. The van der Waals surface area contributed by atoms with Gasteiger partial charge in [-0.2, -0.15) is 0 Å². The zero-order valence-electron chi connectivity index (χ0n) is 16.0. The molecule has 144 valence electrons. The van der Waals surface area contributed by atoms with Crippen LogP contribution < -0.4 is 16.4 Å². The summed E-state index contributed by atoms with van der Waals surface area (Å²) in [5, 5.41) is 5.59. The number of benzene rings is 1. The summed E-state index contributed by atoms with van der Waals surface area (Å²) in [6.45, 7) is 7.93. The monoisotopic (exact) mass is 360 g/mol. The highest BCUT2D eigenvalue weighted by Crippen LogP contribution is 2.29. The Bertz CT molecular complexity index is 580. The van der Waals surface area contributed by atoms with E-state index in [1.807, 2.05) is 26.0 Å². The van der Waals surface area contributed by atoms with E-state index in [9.17, 15) is 9.59 Å². The van der Waals surface area contributed by atoms with Crippen LogP contribution >= 0.6 is 0 Å². The van der Waals surface area contributed by atoms with Crippen LogP contribution in [0.1, 0.15) is 51.0 Å². The Morgan fingerprint density at radius 3 is 2.35 bits per heavy atom. The molecule has 2 amide bonds. The molecule has 1 atom stereocenters. The minimum atomic E-state index is -0.326. The lowest BCUT2D eigenvalue weighted by Crippen LogP contribution is -2.47. The summed E-state index contributed by atoms with van der Waals surface area (Å²) in [5.74, 6) is 0.181. The Morgan fingerprint density at radius 1 is 1.12 bits per heavy atom. The number of amides is 2. The van der Waals surface area contributed by atoms with Crippen molar-refractivity contribution in [3.05, 3.63) is 29.8 Å². The number of anilines is 1. The molecule has 1 aromatic carbocycles. The van der Waals surface area contributed by atoms with Gasteiger partial charge in [0.05, 0.1) is 0 Å². The largest absolute Gasteiger partial charge is 0.374 e. The average Bonchev–Trinajstić information content (AvgIpc) is 2.67. The normalized spacial score (nSPS) is 21.6. The lowest BCUT2D eigenvalue weighted by Gasteiger charge is -2.32. The highest BCUT2D eigenvalue weighted by Gasteiger charge is 2.26. The van der Waals surface area contributed by atoms with Gasteiger partial charge in [-0.25, -0.2) is 0 Å². The minimum Gasteiger partial charge on any atom is -0.374 e. The Kier molecular flexibility index (Phi) is 8.06. The molecule has 0 spiro atoms. The van der Waals surface area contributed by atoms with Crippen LogP contribution in [-0.4, -0.2) is 48.9 Å². The molecule has 2 aliphatic heterocycles. The van der Waals surface area contributed by atoms with Crippen LogP contribution in [0, 0.1) is 0 Å². The molecule has 26 heavy (non-hydrogen) atoms. The molecule has 0 saturated carbocycles. The number of carbonyl (C=O) groups is 2. The second-order valence-corrected chi connectivity index (χ2v) is 6.67. The summed E-state index contributed by atoms with van der Waals surface area (Å²) in [6, 6.07) is 8.04. The Balaban J connectivity index is 0.00000117. The fourth-order valence-electron chi connectivity index (χ4n) is 3.56. The van der Waals surface area contributed by atoms with Crippen molar-refractivity contribution in [2.75, 3.05) is 31.5 Å². The molecular weight excluding hydrogens is 328 g/mol. The SMILES string of the molecule is CC.NCCN1CCC(c2ccc(NC3CCC(=O)NC3=O)cc2)CC1. The maximum atomic E-state index is 11.8. The maximum Gasteiger partial charge on any atom is 0.249 e. The number of nitrogens with one attached hydrogen (secondary N) is 2. The second kappa shape index (κ2) is 10.3. The van der Waals surface area contributed by atoms with Gasteiger partial charge in [0, 0.05) is 25.2 Å². The van der Waals surface area contributed by atoms with Crippen molar-refractivity contribution in [2.24, 2.45) is 5.73 Å². The molecule has 1 unspecified atom stereocenters. The predicted octanol–water partition coefficient (Wildman–Crippen LogP) is 2.07. The number of hydrogen-bond acceptors (Lipinski definition) is 5. The molecule has 0 radical (unpaired) electrons. The van der Waals surface area contributed by atoms with Gasteiger partial charge in [0.15, 0.2) is 0 Å². The summed E-state index contributed by atoms with van der Waals surface area (Å²) in [7, 11) is 0. The number of hydrogen-bond donors (Lipinski definition) is 3. The van der Waals surface area contributed by atoms with Crippen LogP contribution in [-0.2, 0) is 9.59 Å². The van der Waals surface area contributed by atoms with Gasteiger partial charge in [-0.3, -0.25) is 14.9 Å². The Morgan fingerprint density at radius 2 is 1.77 bits per heavy atom. The first-order chi connectivity index (χ1) is 12.7. The first-order valence-electron chi connectivity index (χ1n) is 9.78. The van der Waals surface area contributed by atoms with Gasteiger partial charge in [0.1, 0.15) is 6.04 Å². The van der Waals surface area contributed by atoms with Crippen LogP contribution in [0.25, 0.3) is 0 Å². The van der Waals surface area contributed by atoms with E-state index >= 15 is 0 Å². The number of piperidine rings is 2. The minimum absolute atomic E-state index is 0.186. The molecule has 6 nitrogen and oxygen atoms in total. The number of likely N-dealkylation sites (tertiary alicyclic amines) is 1. The second-order valence-electron chi connectivity index (χ2n) is 6.67.